The van der Waals surface area contributed by atoms with E-state index in [1.807, 2.05) is 6.92 Å². The second-order valence-electron chi connectivity index (χ2n) is 8.08. The standard InChI is InChI=1S/C24H30N2O/c1-17-9-10-22-20(15-17)21-16-24(18(2)27)25(3)13-12-23(21)26(22)14-11-19-7-5-4-6-8-19/h4-10,15,18,24,27H,11-14,16H2,1-3H3/t18-,24-/m0/s1. The zero-order chi connectivity index (χ0) is 19.0. The predicted octanol–water partition coefficient (Wildman–Crippen LogP) is 3.97. The topological polar surface area (TPSA) is 28.4 Å². The van der Waals surface area contributed by atoms with E-state index in [0.29, 0.717) is 0 Å². The van der Waals surface area contributed by atoms with Gasteiger partial charge in [0.2, 0.25) is 0 Å². The molecule has 2 atom stereocenters. The Bertz CT molecular complexity index is 926. The van der Waals surface area contributed by atoms with Crippen molar-refractivity contribution in [3.05, 3.63) is 70.9 Å². The molecule has 3 heteroatoms. The van der Waals surface area contributed by atoms with Crippen molar-refractivity contribution in [3.8, 4) is 0 Å². The molecule has 0 amide bonds. The normalized spacial score (nSPS) is 19.0. The number of fused-ring (bicyclic) bond motifs is 3. The van der Waals surface area contributed by atoms with Crippen molar-refractivity contribution >= 4 is 10.9 Å². The van der Waals surface area contributed by atoms with Crippen LogP contribution in [0.3, 0.4) is 0 Å². The Morgan fingerprint density at radius 2 is 1.93 bits per heavy atom. The molecule has 3 nitrogen and oxygen atoms in total. The Labute approximate surface area is 162 Å². The minimum atomic E-state index is -0.325. The van der Waals surface area contributed by atoms with Crippen LogP contribution in [0.25, 0.3) is 10.9 Å². The number of aliphatic hydroxyl groups is 1. The number of benzene rings is 2. The Balaban J connectivity index is 1.77. The number of likely N-dealkylation sites (N-methyl/N-ethyl adjacent to an activating group) is 1. The van der Waals surface area contributed by atoms with Gasteiger partial charge in [-0.25, -0.2) is 0 Å². The minimum absolute atomic E-state index is 0.180. The molecule has 1 aliphatic rings. The van der Waals surface area contributed by atoms with Crippen LogP contribution < -0.4 is 0 Å². The van der Waals surface area contributed by atoms with Gasteiger partial charge >= 0.3 is 0 Å². The average molecular weight is 363 g/mol. The minimum Gasteiger partial charge on any atom is -0.392 e. The van der Waals surface area contributed by atoms with Gasteiger partial charge in [-0.3, -0.25) is 0 Å². The van der Waals surface area contributed by atoms with Crippen molar-refractivity contribution in [1.82, 2.24) is 9.47 Å². The summed E-state index contributed by atoms with van der Waals surface area (Å²) < 4.78 is 2.54. The lowest BCUT2D eigenvalue weighted by Gasteiger charge is -2.28. The number of rotatable bonds is 4. The van der Waals surface area contributed by atoms with Crippen molar-refractivity contribution in [3.63, 3.8) is 0 Å². The smallest absolute Gasteiger partial charge is 0.0670 e. The monoisotopic (exact) mass is 362 g/mol. The van der Waals surface area contributed by atoms with Crippen LogP contribution in [0.2, 0.25) is 0 Å². The van der Waals surface area contributed by atoms with E-state index in [9.17, 15) is 5.11 Å². The van der Waals surface area contributed by atoms with Crippen molar-refractivity contribution in [2.75, 3.05) is 13.6 Å². The number of nitrogens with zero attached hydrogens (tertiary/aromatic N) is 2. The largest absolute Gasteiger partial charge is 0.392 e. The van der Waals surface area contributed by atoms with Crippen LogP contribution in [0.4, 0.5) is 0 Å². The van der Waals surface area contributed by atoms with Crippen molar-refractivity contribution in [1.29, 1.82) is 0 Å². The molecule has 2 aromatic carbocycles. The molecule has 0 fully saturated rings. The van der Waals surface area contributed by atoms with Gasteiger partial charge in [-0.1, -0.05) is 42.0 Å². The molecule has 4 rings (SSSR count). The molecule has 27 heavy (non-hydrogen) atoms. The number of aliphatic hydroxyl groups excluding tert-OH is 1. The van der Waals surface area contributed by atoms with Crippen LogP contribution in [-0.2, 0) is 25.8 Å². The lowest BCUT2D eigenvalue weighted by atomic mass is 9.99. The molecule has 0 saturated carbocycles. The Hall–Kier alpha value is -2.10. The summed E-state index contributed by atoms with van der Waals surface area (Å²) in [5.41, 5.74) is 6.93. The van der Waals surface area contributed by atoms with Gasteiger partial charge in [-0.05, 0) is 57.0 Å². The predicted molar refractivity (Wildman–Crippen MR) is 112 cm³/mol. The first kappa shape index (κ1) is 18.3. The Morgan fingerprint density at radius 1 is 1.15 bits per heavy atom. The lowest BCUT2D eigenvalue weighted by Crippen LogP contribution is -2.41. The molecule has 2 heterocycles. The summed E-state index contributed by atoms with van der Waals surface area (Å²) in [7, 11) is 2.14. The SMILES string of the molecule is Cc1ccc2c(c1)c1c(n2CCc2ccccc2)CCN(C)[C@H]([C@H](C)O)C1. The summed E-state index contributed by atoms with van der Waals surface area (Å²) in [5.74, 6) is 0. The number of hydrogen-bond donors (Lipinski definition) is 1. The number of aromatic nitrogens is 1. The van der Waals surface area contributed by atoms with Gasteiger partial charge in [-0.2, -0.15) is 0 Å². The van der Waals surface area contributed by atoms with Gasteiger partial charge < -0.3 is 14.6 Å². The van der Waals surface area contributed by atoms with E-state index < -0.39 is 0 Å². The maximum Gasteiger partial charge on any atom is 0.0670 e. The van der Waals surface area contributed by atoms with E-state index in [1.165, 1.54) is 33.3 Å². The first-order chi connectivity index (χ1) is 13.0. The Kier molecular flexibility index (Phi) is 5.07. The van der Waals surface area contributed by atoms with Crippen LogP contribution >= 0.6 is 0 Å². The molecular weight excluding hydrogens is 332 g/mol. The van der Waals surface area contributed by atoms with Gasteiger partial charge in [0.1, 0.15) is 0 Å². The van der Waals surface area contributed by atoms with E-state index in [2.05, 4.69) is 72.0 Å². The molecule has 3 aromatic rings. The third kappa shape index (κ3) is 3.54. The van der Waals surface area contributed by atoms with Gasteiger partial charge in [0.25, 0.3) is 0 Å². The third-order valence-corrected chi connectivity index (χ3v) is 6.15. The van der Waals surface area contributed by atoms with E-state index >= 15 is 0 Å². The third-order valence-electron chi connectivity index (χ3n) is 6.15. The number of aryl methyl sites for hydroxylation is 3. The Morgan fingerprint density at radius 3 is 2.67 bits per heavy atom. The highest BCUT2D eigenvalue weighted by Gasteiger charge is 2.28. The number of hydrogen-bond acceptors (Lipinski definition) is 2. The molecule has 0 spiro atoms. The van der Waals surface area contributed by atoms with Gasteiger partial charge in [0.05, 0.1) is 6.10 Å². The molecule has 0 aliphatic carbocycles. The summed E-state index contributed by atoms with van der Waals surface area (Å²) in [4.78, 5) is 2.33. The van der Waals surface area contributed by atoms with Crippen molar-refractivity contribution < 1.29 is 5.11 Å². The van der Waals surface area contributed by atoms with Crippen LogP contribution in [0, 0.1) is 6.92 Å². The summed E-state index contributed by atoms with van der Waals surface area (Å²) >= 11 is 0. The molecule has 1 aliphatic heterocycles. The van der Waals surface area contributed by atoms with Gasteiger partial charge in [-0.15, -0.1) is 0 Å². The van der Waals surface area contributed by atoms with Crippen molar-refractivity contribution in [2.45, 2.75) is 51.8 Å². The van der Waals surface area contributed by atoms with Crippen molar-refractivity contribution in [2.24, 2.45) is 0 Å². The molecule has 0 unspecified atom stereocenters. The van der Waals surface area contributed by atoms with Crippen LogP contribution in [0.15, 0.2) is 48.5 Å². The van der Waals surface area contributed by atoms with Crippen LogP contribution in [-0.4, -0.2) is 40.3 Å². The highest BCUT2D eigenvalue weighted by Crippen LogP contribution is 2.32. The summed E-state index contributed by atoms with van der Waals surface area (Å²) in [6.45, 7) is 6.08. The molecule has 0 radical (unpaired) electrons. The second kappa shape index (κ2) is 7.49. The second-order valence-corrected chi connectivity index (χ2v) is 8.08. The molecule has 1 aromatic heterocycles. The highest BCUT2D eigenvalue weighted by atomic mass is 16.3. The first-order valence-electron chi connectivity index (χ1n) is 10.1. The average Bonchev–Trinajstić information content (AvgIpc) is 2.82. The maximum atomic E-state index is 10.3. The zero-order valence-corrected chi connectivity index (χ0v) is 16.7. The van der Waals surface area contributed by atoms with E-state index in [4.69, 9.17) is 0 Å². The molecule has 142 valence electrons. The summed E-state index contributed by atoms with van der Waals surface area (Å²) in [6.07, 6.45) is 2.67. The fraction of sp³-hybridized carbons (Fsp3) is 0.417. The molecule has 1 N–H and O–H groups in total. The lowest BCUT2D eigenvalue weighted by molar-refractivity contribution is 0.0798. The molecule has 0 saturated heterocycles. The maximum absolute atomic E-state index is 10.3. The fourth-order valence-electron chi connectivity index (χ4n) is 4.60. The summed E-state index contributed by atoms with van der Waals surface area (Å²) in [5, 5.41) is 11.7. The fourth-order valence-corrected chi connectivity index (χ4v) is 4.60. The van der Waals surface area contributed by atoms with E-state index in [-0.39, 0.29) is 12.1 Å². The van der Waals surface area contributed by atoms with Crippen LogP contribution in [0.1, 0.15) is 29.3 Å². The molecular formula is C24H30N2O. The highest BCUT2D eigenvalue weighted by molar-refractivity contribution is 5.86. The van der Waals surface area contributed by atoms with Gasteiger partial charge in [0, 0.05) is 42.1 Å². The summed E-state index contributed by atoms with van der Waals surface area (Å²) in [6, 6.07) is 17.8. The van der Waals surface area contributed by atoms with E-state index in [0.717, 1.165) is 32.4 Å². The van der Waals surface area contributed by atoms with Crippen LogP contribution in [0.5, 0.6) is 0 Å². The van der Waals surface area contributed by atoms with Gasteiger partial charge in [0.15, 0.2) is 0 Å². The quantitative estimate of drug-likeness (QED) is 0.761. The molecule has 0 bridgehead atoms. The first-order valence-corrected chi connectivity index (χ1v) is 10.1. The van der Waals surface area contributed by atoms with E-state index in [1.54, 1.807) is 0 Å². The zero-order valence-electron chi connectivity index (χ0n) is 16.7.